The first-order valence-electron chi connectivity index (χ1n) is 7.05. The Labute approximate surface area is 123 Å². The summed E-state index contributed by atoms with van der Waals surface area (Å²) >= 11 is 3.61. The molecular weight excluding hydrogens is 304 g/mol. The van der Waals surface area contributed by atoms with E-state index in [4.69, 9.17) is 10.5 Å². The molecule has 0 aliphatic carbocycles. The first kappa shape index (κ1) is 13.4. The number of rotatable bonds is 3. The highest BCUT2D eigenvalue weighted by molar-refractivity contribution is 9.10. The lowest BCUT2D eigenvalue weighted by molar-refractivity contribution is 0.250. The summed E-state index contributed by atoms with van der Waals surface area (Å²) in [7, 11) is 0. The van der Waals surface area contributed by atoms with Gasteiger partial charge in [0, 0.05) is 35.6 Å². The average Bonchev–Trinajstić information content (AvgIpc) is 2.96. The summed E-state index contributed by atoms with van der Waals surface area (Å²) in [6, 6.07) is 5.00. The minimum atomic E-state index is 0.615. The Kier molecular flexibility index (Phi) is 3.83. The summed E-state index contributed by atoms with van der Waals surface area (Å²) in [5, 5.41) is 0. The van der Waals surface area contributed by atoms with Crippen LogP contribution in [0.15, 0.2) is 16.6 Å². The largest absolute Gasteiger partial charge is 0.493 e. The van der Waals surface area contributed by atoms with Crippen LogP contribution in [-0.4, -0.2) is 30.6 Å². The van der Waals surface area contributed by atoms with Gasteiger partial charge in [-0.1, -0.05) is 15.9 Å². The normalized spacial score (nSPS) is 26.5. The van der Waals surface area contributed by atoms with Gasteiger partial charge in [-0.05, 0) is 43.5 Å². The Bertz CT molecular complexity index is 477. The van der Waals surface area contributed by atoms with Gasteiger partial charge in [-0.2, -0.15) is 0 Å². The molecule has 2 aliphatic rings. The van der Waals surface area contributed by atoms with Crippen molar-refractivity contribution in [2.75, 3.05) is 19.7 Å². The maximum atomic E-state index is 5.81. The maximum Gasteiger partial charge on any atom is 0.127 e. The zero-order valence-corrected chi connectivity index (χ0v) is 12.9. The van der Waals surface area contributed by atoms with E-state index in [-0.39, 0.29) is 0 Å². The molecule has 2 aliphatic heterocycles. The van der Waals surface area contributed by atoms with Crippen molar-refractivity contribution in [1.82, 2.24) is 4.90 Å². The van der Waals surface area contributed by atoms with Crippen molar-refractivity contribution in [2.45, 2.75) is 32.4 Å². The van der Waals surface area contributed by atoms with Crippen LogP contribution in [0.25, 0.3) is 0 Å². The van der Waals surface area contributed by atoms with E-state index in [2.05, 4.69) is 39.9 Å². The van der Waals surface area contributed by atoms with Gasteiger partial charge in [0.25, 0.3) is 0 Å². The number of benzene rings is 1. The Morgan fingerprint density at radius 1 is 1.47 bits per heavy atom. The predicted octanol–water partition coefficient (Wildman–Crippen LogP) is 2.55. The van der Waals surface area contributed by atoms with E-state index in [0.29, 0.717) is 12.0 Å². The van der Waals surface area contributed by atoms with Crippen molar-refractivity contribution in [3.8, 4) is 5.75 Å². The molecule has 19 heavy (non-hydrogen) atoms. The lowest BCUT2D eigenvalue weighted by Gasteiger charge is -2.22. The molecule has 3 nitrogen and oxygen atoms in total. The van der Waals surface area contributed by atoms with Gasteiger partial charge in [0.1, 0.15) is 5.75 Å². The Balaban J connectivity index is 1.80. The lowest BCUT2D eigenvalue weighted by atomic mass is 10.1. The zero-order chi connectivity index (χ0) is 13.4. The van der Waals surface area contributed by atoms with E-state index in [0.717, 1.165) is 42.9 Å². The van der Waals surface area contributed by atoms with Crippen LogP contribution in [0.4, 0.5) is 0 Å². The molecule has 1 fully saturated rings. The molecule has 2 N–H and O–H groups in total. The molecule has 4 heteroatoms. The molecule has 1 aromatic carbocycles. The van der Waals surface area contributed by atoms with Gasteiger partial charge in [-0.25, -0.2) is 0 Å². The molecule has 0 spiro atoms. The van der Waals surface area contributed by atoms with Gasteiger partial charge >= 0.3 is 0 Å². The Morgan fingerprint density at radius 2 is 2.32 bits per heavy atom. The van der Waals surface area contributed by atoms with Crippen molar-refractivity contribution in [3.05, 3.63) is 27.7 Å². The third-order valence-electron chi connectivity index (χ3n) is 4.32. The second-order valence-corrected chi connectivity index (χ2v) is 6.68. The third kappa shape index (κ3) is 2.67. The van der Waals surface area contributed by atoms with Gasteiger partial charge in [0.2, 0.25) is 0 Å². The summed E-state index contributed by atoms with van der Waals surface area (Å²) < 4.78 is 6.97. The monoisotopic (exact) mass is 324 g/mol. The van der Waals surface area contributed by atoms with Crippen LogP contribution in [0.3, 0.4) is 0 Å². The number of hydrogen-bond donors (Lipinski definition) is 1. The summed E-state index contributed by atoms with van der Waals surface area (Å²) in [4.78, 5) is 2.53. The molecule has 2 atom stereocenters. The van der Waals surface area contributed by atoms with Gasteiger partial charge in [-0.3, -0.25) is 4.90 Å². The first-order valence-corrected chi connectivity index (χ1v) is 7.85. The molecule has 0 aromatic heterocycles. The van der Waals surface area contributed by atoms with Gasteiger partial charge < -0.3 is 10.5 Å². The smallest absolute Gasteiger partial charge is 0.127 e. The van der Waals surface area contributed by atoms with Crippen LogP contribution in [0.1, 0.15) is 24.5 Å². The number of nitrogens with two attached hydrogens (primary N) is 1. The van der Waals surface area contributed by atoms with Crippen LogP contribution in [-0.2, 0) is 13.0 Å². The fraction of sp³-hybridized carbons (Fsp3) is 0.600. The third-order valence-corrected chi connectivity index (χ3v) is 4.78. The van der Waals surface area contributed by atoms with Gasteiger partial charge in [0.15, 0.2) is 0 Å². The lowest BCUT2D eigenvalue weighted by Crippen LogP contribution is -2.27. The maximum absolute atomic E-state index is 5.81. The quantitative estimate of drug-likeness (QED) is 0.928. The molecule has 0 amide bonds. The number of halogens is 1. The first-order chi connectivity index (χ1) is 9.17. The standard InChI is InChI=1S/C15H21BrN2O/c1-10-4-11(7-17)8-18(10)9-13-6-14(16)5-12-2-3-19-15(12)13/h5-6,10-11H,2-4,7-9,17H2,1H3. The number of nitrogens with zero attached hydrogens (tertiary/aromatic N) is 1. The van der Waals surface area contributed by atoms with E-state index >= 15 is 0 Å². The summed E-state index contributed by atoms with van der Waals surface area (Å²) in [5.74, 6) is 1.77. The van der Waals surface area contributed by atoms with Crippen LogP contribution >= 0.6 is 15.9 Å². The number of likely N-dealkylation sites (tertiary alicyclic amines) is 1. The van der Waals surface area contributed by atoms with Crippen molar-refractivity contribution in [3.63, 3.8) is 0 Å². The molecule has 1 aromatic rings. The molecule has 3 rings (SSSR count). The fourth-order valence-electron chi connectivity index (χ4n) is 3.29. The summed E-state index contributed by atoms with van der Waals surface area (Å²) in [5.41, 5.74) is 8.46. The van der Waals surface area contributed by atoms with E-state index < -0.39 is 0 Å². The second-order valence-electron chi connectivity index (χ2n) is 5.77. The second kappa shape index (κ2) is 5.43. The highest BCUT2D eigenvalue weighted by Gasteiger charge is 2.29. The summed E-state index contributed by atoms with van der Waals surface area (Å²) in [6.45, 7) is 6.00. The zero-order valence-electron chi connectivity index (χ0n) is 11.4. The highest BCUT2D eigenvalue weighted by atomic mass is 79.9. The van der Waals surface area contributed by atoms with Gasteiger partial charge in [0.05, 0.1) is 6.61 Å². The minimum absolute atomic E-state index is 0.615. The number of fused-ring (bicyclic) bond motifs is 1. The van der Waals surface area contributed by atoms with Crippen LogP contribution in [0.2, 0.25) is 0 Å². The minimum Gasteiger partial charge on any atom is -0.493 e. The van der Waals surface area contributed by atoms with E-state index in [1.807, 2.05) is 0 Å². The van der Waals surface area contributed by atoms with Gasteiger partial charge in [-0.15, -0.1) is 0 Å². The Hall–Kier alpha value is -0.580. The average molecular weight is 325 g/mol. The van der Waals surface area contributed by atoms with E-state index in [1.165, 1.54) is 17.5 Å². The molecule has 1 saturated heterocycles. The molecular formula is C15H21BrN2O. The topological polar surface area (TPSA) is 38.5 Å². The number of hydrogen-bond acceptors (Lipinski definition) is 3. The van der Waals surface area contributed by atoms with Crippen molar-refractivity contribution in [2.24, 2.45) is 11.7 Å². The fourth-order valence-corrected chi connectivity index (χ4v) is 3.84. The molecule has 2 heterocycles. The highest BCUT2D eigenvalue weighted by Crippen LogP contribution is 2.35. The van der Waals surface area contributed by atoms with E-state index in [1.54, 1.807) is 0 Å². The molecule has 0 radical (unpaired) electrons. The summed E-state index contributed by atoms with van der Waals surface area (Å²) in [6.07, 6.45) is 2.25. The predicted molar refractivity (Wildman–Crippen MR) is 80.4 cm³/mol. The molecule has 0 bridgehead atoms. The van der Waals surface area contributed by atoms with Crippen molar-refractivity contribution in [1.29, 1.82) is 0 Å². The SMILES string of the molecule is CC1CC(CN)CN1Cc1cc(Br)cc2c1OCC2. The molecule has 104 valence electrons. The Morgan fingerprint density at radius 3 is 3.05 bits per heavy atom. The number of ether oxygens (including phenoxy) is 1. The van der Waals surface area contributed by atoms with Crippen molar-refractivity contribution < 1.29 is 4.74 Å². The van der Waals surface area contributed by atoms with E-state index in [9.17, 15) is 0 Å². The van der Waals surface area contributed by atoms with Crippen LogP contribution in [0, 0.1) is 5.92 Å². The van der Waals surface area contributed by atoms with Crippen LogP contribution < -0.4 is 10.5 Å². The molecule has 2 unspecified atom stereocenters. The van der Waals surface area contributed by atoms with Crippen LogP contribution in [0.5, 0.6) is 5.75 Å². The molecule has 0 saturated carbocycles. The van der Waals surface area contributed by atoms with Crippen molar-refractivity contribution >= 4 is 15.9 Å².